The number of amides is 2. The number of benzene rings is 1. The Bertz CT molecular complexity index is 1060. The molecule has 33 heavy (non-hydrogen) atoms. The lowest BCUT2D eigenvalue weighted by Crippen LogP contribution is -2.52. The van der Waals surface area contributed by atoms with Gasteiger partial charge in [0.25, 0.3) is 0 Å². The molecule has 1 aromatic carbocycles. The van der Waals surface area contributed by atoms with Crippen LogP contribution in [0.3, 0.4) is 0 Å². The average molecular weight is 477 g/mol. The fourth-order valence-electron chi connectivity index (χ4n) is 3.74. The summed E-state index contributed by atoms with van der Waals surface area (Å²) < 4.78 is 40.4. The van der Waals surface area contributed by atoms with E-state index in [4.69, 9.17) is 0 Å². The van der Waals surface area contributed by atoms with Crippen LogP contribution in [0.5, 0.6) is 0 Å². The lowest BCUT2D eigenvalue weighted by atomic mass is 9.95. The number of halogens is 1. The summed E-state index contributed by atoms with van der Waals surface area (Å²) in [5.74, 6) is -1.61. The third-order valence-electron chi connectivity index (χ3n) is 5.92. The number of rotatable bonds is 8. The Morgan fingerprint density at radius 1 is 1.21 bits per heavy atom. The van der Waals surface area contributed by atoms with E-state index in [1.165, 1.54) is 16.4 Å². The number of carbonyl (C=O) groups is 2. The third kappa shape index (κ3) is 6.14. The number of aromatic nitrogens is 1. The largest absolute Gasteiger partial charge is 0.344 e. The maximum Gasteiger partial charge on any atom is 0.248 e. The molecule has 2 aromatic rings. The molecule has 1 saturated heterocycles. The lowest BCUT2D eigenvalue weighted by Gasteiger charge is -2.32. The van der Waals surface area contributed by atoms with E-state index in [2.05, 4.69) is 15.6 Å². The molecule has 0 spiro atoms. The van der Waals surface area contributed by atoms with E-state index in [1.807, 2.05) is 13.8 Å². The molecule has 10 heteroatoms. The maximum atomic E-state index is 13.2. The van der Waals surface area contributed by atoms with Gasteiger partial charge in [-0.1, -0.05) is 26.3 Å². The van der Waals surface area contributed by atoms with Gasteiger partial charge in [-0.3, -0.25) is 9.59 Å². The Hall–Kier alpha value is -2.85. The minimum atomic E-state index is -3.85. The van der Waals surface area contributed by atoms with Crippen molar-refractivity contribution >= 4 is 27.7 Å². The smallest absolute Gasteiger partial charge is 0.248 e. The molecule has 0 aliphatic carbocycles. The summed E-state index contributed by atoms with van der Waals surface area (Å²) in [6.07, 6.45) is 3.24. The van der Waals surface area contributed by atoms with Crippen LogP contribution in [-0.2, 0) is 19.6 Å². The molecular formula is C23H29FN4O4S. The Morgan fingerprint density at radius 2 is 1.94 bits per heavy atom. The molecule has 2 amide bonds. The molecule has 0 unspecified atom stereocenters. The molecule has 2 N–H and O–H groups in total. The highest BCUT2D eigenvalue weighted by molar-refractivity contribution is 7.89. The molecule has 178 valence electrons. The van der Waals surface area contributed by atoms with E-state index in [1.54, 1.807) is 24.4 Å². The number of sulfonamides is 1. The minimum absolute atomic E-state index is 0.000624. The van der Waals surface area contributed by atoms with Gasteiger partial charge < -0.3 is 10.6 Å². The molecule has 1 aliphatic rings. The Balaban J connectivity index is 1.70. The van der Waals surface area contributed by atoms with Crippen LogP contribution in [0, 0.1) is 17.7 Å². The summed E-state index contributed by atoms with van der Waals surface area (Å²) in [6, 6.07) is 8.98. The van der Waals surface area contributed by atoms with Crippen molar-refractivity contribution in [2.75, 3.05) is 18.4 Å². The quantitative estimate of drug-likeness (QED) is 0.609. The van der Waals surface area contributed by atoms with E-state index < -0.39 is 27.8 Å². The highest BCUT2D eigenvalue weighted by Gasteiger charge is 2.35. The standard InChI is InChI=1S/C23H29FN4O4S/c1-3-16(2)21(23(30)26-20-8-4-5-13-25-20)27-22(29)17-7-6-14-28(15-17)33(31,32)19-11-9-18(24)10-12-19/h4-5,8-13,16-17,21H,3,6-7,14-15H2,1-2H3,(H,27,29)(H,25,26,30)/t16-,17+,21-/m0/s1. The molecule has 8 nitrogen and oxygen atoms in total. The number of anilines is 1. The zero-order valence-electron chi connectivity index (χ0n) is 18.7. The number of carbonyl (C=O) groups excluding carboxylic acids is 2. The van der Waals surface area contributed by atoms with Gasteiger partial charge in [0.05, 0.1) is 10.8 Å². The van der Waals surface area contributed by atoms with Gasteiger partial charge in [0.2, 0.25) is 21.8 Å². The molecule has 1 aromatic heterocycles. The van der Waals surface area contributed by atoms with Crippen molar-refractivity contribution in [2.45, 2.75) is 44.0 Å². The topological polar surface area (TPSA) is 108 Å². The fourth-order valence-corrected chi connectivity index (χ4v) is 5.27. The predicted octanol–water partition coefficient (Wildman–Crippen LogP) is 2.79. The molecule has 0 saturated carbocycles. The van der Waals surface area contributed by atoms with Crippen molar-refractivity contribution in [1.29, 1.82) is 0 Å². The molecule has 0 bridgehead atoms. The van der Waals surface area contributed by atoms with Crippen LogP contribution in [0.2, 0.25) is 0 Å². The van der Waals surface area contributed by atoms with Crippen LogP contribution in [0.15, 0.2) is 53.6 Å². The van der Waals surface area contributed by atoms with Gasteiger partial charge >= 0.3 is 0 Å². The Labute approximate surface area is 193 Å². The van der Waals surface area contributed by atoms with Gasteiger partial charge in [-0.25, -0.2) is 17.8 Å². The first-order valence-electron chi connectivity index (χ1n) is 11.0. The SMILES string of the molecule is CC[C@H](C)[C@H](NC(=O)[C@@H]1CCCN(S(=O)(=O)c2ccc(F)cc2)C1)C(=O)Nc1ccccn1. The highest BCUT2D eigenvalue weighted by Crippen LogP contribution is 2.24. The van der Waals surface area contributed by atoms with Gasteiger partial charge in [-0.15, -0.1) is 0 Å². The predicted molar refractivity (Wildman–Crippen MR) is 122 cm³/mol. The lowest BCUT2D eigenvalue weighted by molar-refractivity contribution is -0.131. The van der Waals surface area contributed by atoms with Crippen molar-refractivity contribution < 1.29 is 22.4 Å². The Kier molecular flexibility index (Phi) is 8.15. The summed E-state index contributed by atoms with van der Waals surface area (Å²) in [6.45, 7) is 4.07. The summed E-state index contributed by atoms with van der Waals surface area (Å²) in [5, 5.41) is 5.55. The Morgan fingerprint density at radius 3 is 2.58 bits per heavy atom. The van der Waals surface area contributed by atoms with Crippen LogP contribution in [0.25, 0.3) is 0 Å². The van der Waals surface area contributed by atoms with Crippen molar-refractivity contribution in [3.63, 3.8) is 0 Å². The maximum absolute atomic E-state index is 13.2. The van der Waals surface area contributed by atoms with E-state index in [-0.39, 0.29) is 35.7 Å². The second kappa shape index (κ2) is 10.8. The number of nitrogens with zero attached hydrogens (tertiary/aromatic N) is 2. The summed E-state index contributed by atoms with van der Waals surface area (Å²) in [4.78, 5) is 30.0. The summed E-state index contributed by atoms with van der Waals surface area (Å²) in [7, 11) is -3.85. The van der Waals surface area contributed by atoms with Gasteiger partial charge in [0, 0.05) is 19.3 Å². The molecule has 3 rings (SSSR count). The van der Waals surface area contributed by atoms with E-state index in [0.717, 1.165) is 12.1 Å². The van der Waals surface area contributed by atoms with Crippen molar-refractivity contribution in [3.8, 4) is 0 Å². The number of piperidine rings is 1. The van der Waals surface area contributed by atoms with Gasteiger partial charge in [0.1, 0.15) is 17.7 Å². The fraction of sp³-hybridized carbons (Fsp3) is 0.435. The summed E-state index contributed by atoms with van der Waals surface area (Å²) in [5.41, 5.74) is 0. The normalized spacial score (nSPS) is 18.8. The molecule has 1 fully saturated rings. The summed E-state index contributed by atoms with van der Waals surface area (Å²) >= 11 is 0. The zero-order chi connectivity index (χ0) is 24.0. The zero-order valence-corrected chi connectivity index (χ0v) is 19.5. The molecule has 2 heterocycles. The van der Waals surface area contributed by atoms with Crippen molar-refractivity contribution in [1.82, 2.24) is 14.6 Å². The number of hydrogen-bond donors (Lipinski definition) is 2. The number of nitrogens with one attached hydrogen (secondary N) is 2. The second-order valence-corrected chi connectivity index (χ2v) is 10.2. The van der Waals surface area contributed by atoms with Crippen molar-refractivity contribution in [2.24, 2.45) is 11.8 Å². The molecule has 0 radical (unpaired) electrons. The van der Waals surface area contributed by atoms with Gasteiger partial charge in [-0.2, -0.15) is 4.31 Å². The average Bonchev–Trinajstić information content (AvgIpc) is 2.82. The first kappa shape index (κ1) is 24.8. The molecule has 1 aliphatic heterocycles. The first-order chi connectivity index (χ1) is 15.7. The third-order valence-corrected chi connectivity index (χ3v) is 7.80. The van der Waals surface area contributed by atoms with Crippen LogP contribution < -0.4 is 10.6 Å². The minimum Gasteiger partial charge on any atom is -0.344 e. The van der Waals surface area contributed by atoms with Crippen LogP contribution in [0.1, 0.15) is 33.1 Å². The van der Waals surface area contributed by atoms with Crippen LogP contribution in [-0.4, -0.2) is 48.7 Å². The second-order valence-electron chi connectivity index (χ2n) is 8.23. The van der Waals surface area contributed by atoms with E-state index >= 15 is 0 Å². The van der Waals surface area contributed by atoms with Gasteiger partial charge in [0.15, 0.2) is 0 Å². The highest BCUT2D eigenvalue weighted by atomic mass is 32.2. The number of hydrogen-bond acceptors (Lipinski definition) is 5. The molecule has 3 atom stereocenters. The van der Waals surface area contributed by atoms with Crippen molar-refractivity contribution in [3.05, 3.63) is 54.5 Å². The first-order valence-corrected chi connectivity index (χ1v) is 12.4. The molecular weight excluding hydrogens is 447 g/mol. The van der Waals surface area contributed by atoms with Crippen LogP contribution >= 0.6 is 0 Å². The van der Waals surface area contributed by atoms with Crippen LogP contribution in [0.4, 0.5) is 10.2 Å². The van der Waals surface area contributed by atoms with Gasteiger partial charge in [-0.05, 0) is 55.2 Å². The van der Waals surface area contributed by atoms with E-state index in [0.29, 0.717) is 25.1 Å². The van der Waals surface area contributed by atoms with E-state index in [9.17, 15) is 22.4 Å². The number of pyridine rings is 1. The monoisotopic (exact) mass is 476 g/mol.